The van der Waals surface area contributed by atoms with E-state index in [1.54, 1.807) is 11.0 Å². The van der Waals surface area contributed by atoms with Crippen LogP contribution >= 0.6 is 11.3 Å². The minimum atomic E-state index is -0.902. The third-order valence-corrected chi connectivity index (χ3v) is 6.47. The molecule has 1 aliphatic rings. The summed E-state index contributed by atoms with van der Waals surface area (Å²) in [5.74, 6) is -0.971. The Morgan fingerprint density at radius 3 is 2.63 bits per heavy atom. The number of aromatic carboxylic acids is 1. The minimum absolute atomic E-state index is 0.0637. The van der Waals surface area contributed by atoms with Crippen molar-refractivity contribution < 1.29 is 24.5 Å². The van der Waals surface area contributed by atoms with Gasteiger partial charge < -0.3 is 14.9 Å². The first-order chi connectivity index (χ1) is 14.5. The van der Waals surface area contributed by atoms with E-state index in [1.807, 2.05) is 30.3 Å². The zero-order chi connectivity index (χ0) is 21.5. The number of amides is 1. The van der Waals surface area contributed by atoms with E-state index in [9.17, 15) is 14.7 Å². The van der Waals surface area contributed by atoms with Gasteiger partial charge in [0.1, 0.15) is 17.7 Å². The van der Waals surface area contributed by atoms with E-state index in [0.717, 1.165) is 54.7 Å². The zero-order valence-corrected chi connectivity index (χ0v) is 18.1. The summed E-state index contributed by atoms with van der Waals surface area (Å²) in [6.07, 6.45) is 5.39. The van der Waals surface area contributed by atoms with E-state index in [4.69, 9.17) is 9.84 Å². The van der Waals surface area contributed by atoms with Gasteiger partial charge in [-0.3, -0.25) is 9.69 Å². The van der Waals surface area contributed by atoms with Crippen LogP contribution in [-0.4, -0.2) is 34.9 Å². The van der Waals surface area contributed by atoms with Gasteiger partial charge in [-0.25, -0.2) is 4.79 Å². The highest BCUT2D eigenvalue weighted by Gasteiger charge is 2.32. The van der Waals surface area contributed by atoms with Crippen molar-refractivity contribution in [1.82, 2.24) is 0 Å². The van der Waals surface area contributed by atoms with Crippen molar-refractivity contribution in [3.8, 4) is 0 Å². The average Bonchev–Trinajstić information content (AvgIpc) is 3.35. The molecule has 2 aromatic rings. The minimum Gasteiger partial charge on any atom is -0.477 e. The molecule has 30 heavy (non-hydrogen) atoms. The van der Waals surface area contributed by atoms with Gasteiger partial charge in [0.15, 0.2) is 0 Å². The van der Waals surface area contributed by atoms with Gasteiger partial charge in [-0.15, -0.1) is 11.3 Å². The van der Waals surface area contributed by atoms with Crippen molar-refractivity contribution >= 4 is 28.9 Å². The molecule has 0 aliphatic carbocycles. The maximum atomic E-state index is 12.4. The quantitative estimate of drug-likeness (QED) is 0.500. The second-order valence-electron chi connectivity index (χ2n) is 7.60. The molecule has 7 heteroatoms. The summed E-state index contributed by atoms with van der Waals surface area (Å²) in [5, 5.41) is 19.4. The van der Waals surface area contributed by atoms with Gasteiger partial charge in [0.25, 0.3) is 5.91 Å². The van der Waals surface area contributed by atoms with Crippen LogP contribution in [-0.2, 0) is 16.0 Å². The van der Waals surface area contributed by atoms with Crippen molar-refractivity contribution in [1.29, 1.82) is 0 Å². The second-order valence-corrected chi connectivity index (χ2v) is 8.76. The number of benzene rings is 1. The molecular weight excluding hydrogens is 402 g/mol. The predicted molar refractivity (Wildman–Crippen MR) is 117 cm³/mol. The number of aliphatic hydroxyl groups is 1. The fraction of sp³-hybridized carbons (Fsp3) is 0.478. The van der Waals surface area contributed by atoms with Crippen LogP contribution in [0.15, 0.2) is 36.4 Å². The van der Waals surface area contributed by atoms with Crippen LogP contribution in [0.2, 0.25) is 0 Å². The van der Waals surface area contributed by atoms with Gasteiger partial charge in [0.05, 0.1) is 6.10 Å². The molecular formula is C23H29NO5S. The van der Waals surface area contributed by atoms with Crippen LogP contribution in [0.4, 0.5) is 5.69 Å². The largest absolute Gasteiger partial charge is 0.477 e. The van der Waals surface area contributed by atoms with Crippen molar-refractivity contribution in [2.24, 2.45) is 0 Å². The number of anilines is 1. The lowest BCUT2D eigenvalue weighted by molar-refractivity contribution is -0.117. The molecule has 0 bridgehead atoms. The highest BCUT2D eigenvalue weighted by molar-refractivity contribution is 7.13. The zero-order valence-electron chi connectivity index (χ0n) is 17.3. The number of carboxylic acid groups (broad SMARTS) is 1. The van der Waals surface area contributed by atoms with Gasteiger partial charge in [0.2, 0.25) is 0 Å². The fourth-order valence-corrected chi connectivity index (χ4v) is 4.57. The molecule has 2 atom stereocenters. The van der Waals surface area contributed by atoms with E-state index < -0.39 is 12.1 Å². The van der Waals surface area contributed by atoms with Crippen molar-refractivity contribution in [2.75, 3.05) is 11.5 Å². The van der Waals surface area contributed by atoms with Gasteiger partial charge >= 0.3 is 5.97 Å². The molecule has 1 unspecified atom stereocenters. The molecule has 6 nitrogen and oxygen atoms in total. The second kappa shape index (κ2) is 10.7. The molecule has 1 aromatic heterocycles. The number of aryl methyl sites for hydroxylation is 1. The number of carbonyl (C=O) groups excluding carboxylic acids is 1. The first kappa shape index (κ1) is 22.5. The number of carboxylic acids is 1. The highest BCUT2D eigenvalue weighted by Crippen LogP contribution is 2.29. The molecule has 2 N–H and O–H groups in total. The third-order valence-electron chi connectivity index (χ3n) is 5.34. The Bertz CT molecular complexity index is 848. The number of hydrogen-bond acceptors (Lipinski definition) is 5. The summed E-state index contributed by atoms with van der Waals surface area (Å²) >= 11 is 1.29. The Morgan fingerprint density at radius 2 is 1.97 bits per heavy atom. The molecule has 1 amide bonds. The highest BCUT2D eigenvalue weighted by atomic mass is 32.1. The fourth-order valence-electron chi connectivity index (χ4n) is 3.68. The summed E-state index contributed by atoms with van der Waals surface area (Å²) in [4.78, 5) is 26.4. The number of hydrogen-bond donors (Lipinski definition) is 2. The summed E-state index contributed by atoms with van der Waals surface area (Å²) in [7, 11) is 0. The lowest BCUT2D eigenvalue weighted by Crippen LogP contribution is -2.33. The number of thiophene rings is 1. The maximum Gasteiger partial charge on any atom is 0.345 e. The third kappa shape index (κ3) is 5.68. The first-order valence-corrected chi connectivity index (χ1v) is 11.3. The summed E-state index contributed by atoms with van der Waals surface area (Å²) < 4.78 is 5.69. The van der Waals surface area contributed by atoms with Crippen LogP contribution in [0.5, 0.6) is 0 Å². The molecule has 0 radical (unpaired) electrons. The van der Waals surface area contributed by atoms with Crippen LogP contribution in [0.1, 0.15) is 71.7 Å². The molecule has 1 aromatic carbocycles. The van der Waals surface area contributed by atoms with Crippen molar-refractivity contribution in [2.45, 2.75) is 64.2 Å². The van der Waals surface area contributed by atoms with Crippen molar-refractivity contribution in [3.63, 3.8) is 0 Å². The molecule has 162 valence electrons. The topological polar surface area (TPSA) is 87.1 Å². The van der Waals surface area contributed by atoms with Gasteiger partial charge in [-0.2, -0.15) is 0 Å². The van der Waals surface area contributed by atoms with Gasteiger partial charge in [-0.05, 0) is 55.5 Å². The summed E-state index contributed by atoms with van der Waals surface area (Å²) in [6, 6.07) is 11.0. The Kier molecular flexibility index (Phi) is 8.01. The van der Waals surface area contributed by atoms with Crippen LogP contribution in [0.25, 0.3) is 0 Å². The molecule has 1 fully saturated rings. The molecule has 2 heterocycles. The van der Waals surface area contributed by atoms with Crippen molar-refractivity contribution in [3.05, 3.63) is 51.7 Å². The Labute approximate surface area is 181 Å². The lowest BCUT2D eigenvalue weighted by Gasteiger charge is -2.23. The number of carbonyl (C=O) groups is 2. The lowest BCUT2D eigenvalue weighted by atomic mass is 10.0. The number of rotatable bonds is 11. The normalized spacial score (nSPS) is 17.5. The van der Waals surface area contributed by atoms with Crippen LogP contribution < -0.4 is 4.90 Å². The average molecular weight is 432 g/mol. The molecule has 0 spiro atoms. The number of unbranched alkanes of at least 4 members (excludes halogenated alkanes) is 2. The van der Waals surface area contributed by atoms with Gasteiger partial charge in [-0.1, -0.05) is 38.3 Å². The van der Waals surface area contributed by atoms with E-state index >= 15 is 0 Å². The summed E-state index contributed by atoms with van der Waals surface area (Å²) in [5.41, 5.74) is 1.64. The Morgan fingerprint density at radius 1 is 1.20 bits per heavy atom. The monoisotopic (exact) mass is 431 g/mol. The van der Waals surface area contributed by atoms with E-state index in [-0.39, 0.29) is 18.7 Å². The van der Waals surface area contributed by atoms with Crippen LogP contribution in [0, 0.1) is 0 Å². The van der Waals surface area contributed by atoms with Gasteiger partial charge in [0, 0.05) is 10.6 Å². The maximum absolute atomic E-state index is 12.4. The first-order valence-electron chi connectivity index (χ1n) is 10.5. The number of nitrogens with zero attached hydrogens (tertiary/aromatic N) is 1. The predicted octanol–water partition coefficient (Wildman–Crippen LogP) is 4.77. The Hall–Kier alpha value is -2.22. The molecule has 3 rings (SSSR count). The number of aliphatic hydroxyl groups excluding tert-OH is 1. The van der Waals surface area contributed by atoms with E-state index in [2.05, 4.69) is 6.92 Å². The SMILES string of the molecule is CCCCC[C@@H](O)c1ccc(N2C(=O)COC2CCCc2ccc(C(=O)O)s2)cc1. The molecule has 0 saturated carbocycles. The molecule has 1 saturated heterocycles. The Balaban J connectivity index is 1.56. The number of ether oxygens (including phenoxy) is 1. The molecule has 1 aliphatic heterocycles. The standard InChI is InChI=1S/C23H29NO5S/c1-2-3-4-7-19(25)16-9-11-17(12-10-16)24-21(26)15-29-22(24)8-5-6-18-13-14-20(30-18)23(27)28/h9-14,19,22,25H,2-8,15H2,1H3,(H,27,28)/t19-,22?/m1/s1. The van der Waals surface area contributed by atoms with Crippen LogP contribution in [0.3, 0.4) is 0 Å². The summed E-state index contributed by atoms with van der Waals surface area (Å²) in [6.45, 7) is 2.20. The smallest absolute Gasteiger partial charge is 0.345 e. The van der Waals surface area contributed by atoms with E-state index in [1.165, 1.54) is 11.3 Å². The van der Waals surface area contributed by atoms with E-state index in [0.29, 0.717) is 11.3 Å².